The predicted molar refractivity (Wildman–Crippen MR) is 99.5 cm³/mol. The number of aryl methyl sites for hydroxylation is 1. The average Bonchev–Trinajstić information content (AvgIpc) is 2.55. The van der Waals surface area contributed by atoms with Crippen LogP contribution in [0.2, 0.25) is 0 Å². The number of nitrogens with zero attached hydrogens (tertiary/aromatic N) is 1. The number of amides is 1. The highest BCUT2D eigenvalue weighted by Gasteiger charge is 2.31. The van der Waals surface area contributed by atoms with Gasteiger partial charge in [0.2, 0.25) is 15.9 Å². The minimum absolute atomic E-state index is 0.229. The maximum absolute atomic E-state index is 12.9. The smallest absolute Gasteiger partial charge is 0.243 e. The van der Waals surface area contributed by atoms with Crippen LogP contribution in [0.4, 0.5) is 0 Å². The lowest BCUT2D eigenvalue weighted by Gasteiger charge is -2.27. The van der Waals surface area contributed by atoms with E-state index in [0.29, 0.717) is 5.56 Å². The largest absolute Gasteiger partial charge is 0.348 e. The van der Waals surface area contributed by atoms with E-state index in [1.807, 2.05) is 44.2 Å². The standard InChI is InChI=1S/C19H24N2O3S/c1-14-10-8-9-13-17(14)15(2)20-19(22)18(21(3)25(4,23)24)16-11-6-5-7-12-16/h5-13,15,18H,1-4H3,(H,20,22)/t15-,18-/m0/s1. The van der Waals surface area contributed by atoms with E-state index in [1.165, 1.54) is 7.05 Å². The van der Waals surface area contributed by atoms with Crippen LogP contribution < -0.4 is 5.32 Å². The summed E-state index contributed by atoms with van der Waals surface area (Å²) in [5.74, 6) is -0.352. The van der Waals surface area contributed by atoms with Crippen molar-refractivity contribution in [3.05, 3.63) is 71.3 Å². The number of carbonyl (C=O) groups excluding carboxylic acids is 1. The van der Waals surface area contributed by atoms with Gasteiger partial charge in [0, 0.05) is 7.05 Å². The molecule has 5 nitrogen and oxygen atoms in total. The van der Waals surface area contributed by atoms with Gasteiger partial charge in [-0.05, 0) is 30.5 Å². The molecule has 0 fully saturated rings. The van der Waals surface area contributed by atoms with Gasteiger partial charge in [-0.25, -0.2) is 8.42 Å². The van der Waals surface area contributed by atoms with Gasteiger partial charge in [0.05, 0.1) is 12.3 Å². The number of rotatable bonds is 6. The SMILES string of the molecule is Cc1ccccc1[C@H](C)NC(=O)[C@H](c1ccccc1)N(C)S(C)(=O)=O. The first kappa shape index (κ1) is 19.1. The molecule has 0 radical (unpaired) electrons. The fourth-order valence-electron chi connectivity index (χ4n) is 2.80. The van der Waals surface area contributed by atoms with E-state index in [-0.39, 0.29) is 11.9 Å². The maximum Gasteiger partial charge on any atom is 0.243 e. The third-order valence-electron chi connectivity index (χ3n) is 4.26. The molecule has 134 valence electrons. The second-order valence-corrected chi connectivity index (χ2v) is 8.22. The summed E-state index contributed by atoms with van der Waals surface area (Å²) in [5, 5.41) is 2.94. The van der Waals surface area contributed by atoms with Crippen molar-refractivity contribution in [3.8, 4) is 0 Å². The third kappa shape index (κ3) is 4.67. The first-order valence-electron chi connectivity index (χ1n) is 8.05. The fraction of sp³-hybridized carbons (Fsp3) is 0.316. The quantitative estimate of drug-likeness (QED) is 0.861. The molecule has 1 N–H and O–H groups in total. The summed E-state index contributed by atoms with van der Waals surface area (Å²) in [6.07, 6.45) is 1.10. The highest BCUT2D eigenvalue weighted by Crippen LogP contribution is 2.24. The van der Waals surface area contributed by atoms with Crippen molar-refractivity contribution in [1.29, 1.82) is 0 Å². The molecule has 2 rings (SSSR count). The summed E-state index contributed by atoms with van der Waals surface area (Å²) >= 11 is 0. The van der Waals surface area contributed by atoms with Crippen molar-refractivity contribution in [1.82, 2.24) is 9.62 Å². The van der Waals surface area contributed by atoms with Gasteiger partial charge in [-0.1, -0.05) is 54.6 Å². The van der Waals surface area contributed by atoms with Gasteiger partial charge in [0.15, 0.2) is 0 Å². The highest BCUT2D eigenvalue weighted by molar-refractivity contribution is 7.88. The molecule has 1 amide bonds. The van der Waals surface area contributed by atoms with Gasteiger partial charge < -0.3 is 5.32 Å². The lowest BCUT2D eigenvalue weighted by molar-refractivity contribution is -0.125. The van der Waals surface area contributed by atoms with Crippen LogP contribution in [-0.2, 0) is 14.8 Å². The number of hydrogen-bond acceptors (Lipinski definition) is 3. The highest BCUT2D eigenvalue weighted by atomic mass is 32.2. The van der Waals surface area contributed by atoms with Gasteiger partial charge in [-0.3, -0.25) is 4.79 Å². The first-order chi connectivity index (χ1) is 11.7. The summed E-state index contributed by atoms with van der Waals surface area (Å²) in [7, 11) is -2.11. The minimum Gasteiger partial charge on any atom is -0.348 e. The van der Waals surface area contributed by atoms with Crippen LogP contribution in [0.1, 0.15) is 35.7 Å². The first-order valence-corrected chi connectivity index (χ1v) is 9.90. The Hall–Kier alpha value is -2.18. The topological polar surface area (TPSA) is 66.5 Å². The summed E-state index contributed by atoms with van der Waals surface area (Å²) in [6, 6.07) is 15.6. The molecule has 2 atom stereocenters. The van der Waals surface area contributed by atoms with E-state index < -0.39 is 16.1 Å². The molecular weight excluding hydrogens is 336 g/mol. The summed E-state index contributed by atoms with van der Waals surface area (Å²) < 4.78 is 25.1. The molecule has 0 aromatic heterocycles. The Kier molecular flexibility index (Phi) is 5.98. The Morgan fingerprint density at radius 3 is 2.16 bits per heavy atom. The van der Waals surface area contributed by atoms with E-state index in [4.69, 9.17) is 0 Å². The molecule has 0 saturated carbocycles. The molecule has 2 aromatic carbocycles. The summed E-state index contributed by atoms with van der Waals surface area (Å²) in [6.45, 7) is 3.87. The molecule has 0 aliphatic rings. The van der Waals surface area contributed by atoms with E-state index in [2.05, 4.69) is 5.32 Å². The Labute approximate surface area is 149 Å². The Morgan fingerprint density at radius 1 is 1.04 bits per heavy atom. The molecule has 0 unspecified atom stereocenters. The average molecular weight is 360 g/mol. The van der Waals surface area contributed by atoms with E-state index in [1.54, 1.807) is 24.3 Å². The second kappa shape index (κ2) is 7.80. The fourth-order valence-corrected chi connectivity index (χ4v) is 3.40. The predicted octanol–water partition coefficient (Wildman–Crippen LogP) is 2.80. The van der Waals surface area contributed by atoms with Gasteiger partial charge in [0.1, 0.15) is 6.04 Å². The van der Waals surface area contributed by atoms with Gasteiger partial charge in [-0.2, -0.15) is 4.31 Å². The van der Waals surface area contributed by atoms with Crippen molar-refractivity contribution < 1.29 is 13.2 Å². The van der Waals surface area contributed by atoms with Crippen LogP contribution >= 0.6 is 0 Å². The maximum atomic E-state index is 12.9. The van der Waals surface area contributed by atoms with Gasteiger partial charge in [0.25, 0.3) is 0 Å². The van der Waals surface area contributed by atoms with Crippen LogP contribution in [0.15, 0.2) is 54.6 Å². The van der Waals surface area contributed by atoms with Crippen molar-refractivity contribution in [3.63, 3.8) is 0 Å². The van der Waals surface area contributed by atoms with E-state index in [9.17, 15) is 13.2 Å². The van der Waals surface area contributed by atoms with Gasteiger partial charge in [-0.15, -0.1) is 0 Å². The molecule has 0 bridgehead atoms. The molecule has 0 saturated heterocycles. The molecule has 0 aliphatic heterocycles. The van der Waals surface area contributed by atoms with Crippen LogP contribution in [0.5, 0.6) is 0 Å². The van der Waals surface area contributed by atoms with E-state index >= 15 is 0 Å². The summed E-state index contributed by atoms with van der Waals surface area (Å²) in [5.41, 5.74) is 2.71. The Bertz CT molecular complexity index is 835. The lowest BCUT2D eigenvalue weighted by Crippen LogP contribution is -2.42. The number of benzene rings is 2. The van der Waals surface area contributed by atoms with Crippen molar-refractivity contribution >= 4 is 15.9 Å². The third-order valence-corrected chi connectivity index (χ3v) is 5.52. The summed E-state index contributed by atoms with van der Waals surface area (Å²) in [4.78, 5) is 12.9. The Morgan fingerprint density at radius 2 is 1.60 bits per heavy atom. The number of likely N-dealkylation sites (N-methyl/N-ethyl adjacent to an activating group) is 1. The van der Waals surface area contributed by atoms with Crippen LogP contribution in [0.3, 0.4) is 0 Å². The molecule has 2 aromatic rings. The molecule has 0 aliphatic carbocycles. The van der Waals surface area contributed by atoms with Gasteiger partial charge >= 0.3 is 0 Å². The lowest BCUT2D eigenvalue weighted by atomic mass is 10.0. The zero-order chi connectivity index (χ0) is 18.6. The zero-order valence-corrected chi connectivity index (χ0v) is 15.7. The van der Waals surface area contributed by atoms with Crippen LogP contribution in [0.25, 0.3) is 0 Å². The van der Waals surface area contributed by atoms with E-state index in [0.717, 1.165) is 21.7 Å². The zero-order valence-electron chi connectivity index (χ0n) is 14.9. The molecule has 0 heterocycles. The van der Waals surface area contributed by atoms with Crippen LogP contribution in [-0.4, -0.2) is 31.9 Å². The number of carbonyl (C=O) groups is 1. The van der Waals surface area contributed by atoms with Crippen LogP contribution in [0, 0.1) is 6.92 Å². The number of sulfonamides is 1. The monoisotopic (exact) mass is 360 g/mol. The molecule has 25 heavy (non-hydrogen) atoms. The Balaban J connectivity index is 2.31. The minimum atomic E-state index is -3.53. The normalized spacial score (nSPS) is 14.1. The van der Waals surface area contributed by atoms with Crippen molar-refractivity contribution in [2.75, 3.05) is 13.3 Å². The van der Waals surface area contributed by atoms with Crippen molar-refractivity contribution in [2.24, 2.45) is 0 Å². The number of nitrogens with one attached hydrogen (secondary N) is 1. The van der Waals surface area contributed by atoms with Crippen molar-refractivity contribution in [2.45, 2.75) is 25.9 Å². The molecule has 6 heteroatoms. The number of hydrogen-bond donors (Lipinski definition) is 1. The molecular formula is C19H24N2O3S. The second-order valence-electron chi connectivity index (χ2n) is 6.18. The molecule has 0 spiro atoms.